The molecule has 0 atom stereocenters. The molecule has 0 aliphatic heterocycles. The van der Waals surface area contributed by atoms with Gasteiger partial charge in [-0.15, -0.1) is 0 Å². The van der Waals surface area contributed by atoms with E-state index >= 15 is 0 Å². The Morgan fingerprint density at radius 3 is 2.29 bits per heavy atom. The van der Waals surface area contributed by atoms with Crippen LogP contribution in [0.2, 0.25) is 0 Å². The minimum absolute atomic E-state index is 0.0118. The maximum atomic E-state index is 14.1. The minimum Gasteiger partial charge on any atom is -0.478 e. The number of oxime groups is 1. The van der Waals surface area contributed by atoms with Gasteiger partial charge in [0.25, 0.3) is 0 Å². The van der Waals surface area contributed by atoms with Crippen molar-refractivity contribution in [2.75, 3.05) is 0 Å². The number of carboxylic acids is 1. The van der Waals surface area contributed by atoms with Crippen LogP contribution in [-0.2, 0) is 10.8 Å². The lowest BCUT2D eigenvalue weighted by Gasteiger charge is -2.22. The zero-order valence-corrected chi connectivity index (χ0v) is 16.5. The number of allylic oxidation sites excluding steroid dienone is 1. The monoisotopic (exact) mass is 381 g/mol. The van der Waals surface area contributed by atoms with Crippen LogP contribution >= 0.6 is 0 Å². The van der Waals surface area contributed by atoms with Gasteiger partial charge in [0.05, 0.1) is 5.56 Å². The van der Waals surface area contributed by atoms with E-state index in [-0.39, 0.29) is 22.0 Å². The third-order valence-electron chi connectivity index (χ3n) is 5.43. The van der Waals surface area contributed by atoms with E-state index in [1.54, 1.807) is 0 Å². The molecule has 1 aliphatic rings. The molecule has 0 fully saturated rings. The molecule has 0 saturated heterocycles. The second-order valence-corrected chi connectivity index (χ2v) is 8.56. The first-order valence-electron chi connectivity index (χ1n) is 9.13. The Hall–Kier alpha value is -2.95. The summed E-state index contributed by atoms with van der Waals surface area (Å²) >= 11 is 0. The molecule has 2 aromatic carbocycles. The molecule has 3 rings (SSSR count). The number of halogens is 1. The zero-order chi connectivity index (χ0) is 20.7. The molecule has 0 heterocycles. The van der Waals surface area contributed by atoms with E-state index < -0.39 is 11.8 Å². The molecule has 1 aliphatic carbocycles. The van der Waals surface area contributed by atoms with Crippen molar-refractivity contribution in [1.29, 1.82) is 0 Å². The Morgan fingerprint density at radius 2 is 1.68 bits per heavy atom. The fraction of sp³-hybridized carbons (Fsp3) is 0.304. The molecule has 0 radical (unpaired) electrons. The van der Waals surface area contributed by atoms with Crippen LogP contribution in [-0.4, -0.2) is 22.0 Å². The highest BCUT2D eigenvalue weighted by Gasteiger charge is 2.41. The van der Waals surface area contributed by atoms with Gasteiger partial charge in [-0.25, -0.2) is 9.18 Å². The first-order chi connectivity index (χ1) is 13.0. The molecular formula is C23H24FNO3. The van der Waals surface area contributed by atoms with Gasteiger partial charge < -0.3 is 10.3 Å². The van der Waals surface area contributed by atoms with Crippen LogP contribution in [0.3, 0.4) is 0 Å². The summed E-state index contributed by atoms with van der Waals surface area (Å²) in [5.41, 5.74) is 3.76. The van der Waals surface area contributed by atoms with Crippen molar-refractivity contribution in [3.05, 3.63) is 76.1 Å². The fourth-order valence-corrected chi connectivity index (χ4v) is 4.30. The van der Waals surface area contributed by atoms with Crippen molar-refractivity contribution in [2.24, 2.45) is 5.16 Å². The summed E-state index contributed by atoms with van der Waals surface area (Å²) in [6.45, 7) is 8.86. The van der Waals surface area contributed by atoms with E-state index in [0.29, 0.717) is 5.71 Å². The van der Waals surface area contributed by atoms with E-state index in [2.05, 4.69) is 38.9 Å². The van der Waals surface area contributed by atoms with E-state index in [1.165, 1.54) is 35.4 Å². The van der Waals surface area contributed by atoms with Crippen molar-refractivity contribution in [3.63, 3.8) is 0 Å². The summed E-state index contributed by atoms with van der Waals surface area (Å²) in [6, 6.07) is 9.70. The summed E-state index contributed by atoms with van der Waals surface area (Å²) < 4.78 is 14.1. The van der Waals surface area contributed by atoms with Crippen LogP contribution in [0.1, 0.15) is 66.7 Å². The Balaban J connectivity index is 1.94. The van der Waals surface area contributed by atoms with Crippen molar-refractivity contribution in [3.8, 4) is 0 Å². The number of nitrogens with zero attached hydrogens (tertiary/aromatic N) is 1. The number of aromatic carboxylic acids is 1. The van der Waals surface area contributed by atoms with E-state index in [9.17, 15) is 14.4 Å². The Morgan fingerprint density at radius 1 is 1.04 bits per heavy atom. The maximum absolute atomic E-state index is 14.1. The van der Waals surface area contributed by atoms with Crippen LogP contribution in [0.4, 0.5) is 4.39 Å². The van der Waals surface area contributed by atoms with Crippen LogP contribution < -0.4 is 0 Å². The SMILES string of the molecule is CC1(C)CC(C)(C)c2cc(C(/C=C/c3ccc(C(=O)O)cc3F)=N\O)ccc21. The molecule has 4 nitrogen and oxygen atoms in total. The predicted molar refractivity (Wildman–Crippen MR) is 108 cm³/mol. The average Bonchev–Trinajstić information content (AvgIpc) is 2.80. The number of rotatable bonds is 4. The molecule has 5 heteroatoms. The van der Waals surface area contributed by atoms with Crippen molar-refractivity contribution >= 4 is 17.8 Å². The second kappa shape index (κ2) is 6.89. The topological polar surface area (TPSA) is 69.9 Å². The van der Waals surface area contributed by atoms with Crippen LogP contribution in [0.15, 0.2) is 47.6 Å². The molecule has 0 saturated carbocycles. The quantitative estimate of drug-likeness (QED) is 0.425. The fourth-order valence-electron chi connectivity index (χ4n) is 4.30. The number of hydrogen-bond acceptors (Lipinski definition) is 3. The summed E-state index contributed by atoms with van der Waals surface area (Å²) in [7, 11) is 0. The van der Waals surface area contributed by atoms with Gasteiger partial charge in [0.15, 0.2) is 0 Å². The van der Waals surface area contributed by atoms with Gasteiger partial charge in [-0.05, 0) is 58.7 Å². The molecule has 0 aromatic heterocycles. The van der Waals surface area contributed by atoms with Gasteiger partial charge in [-0.3, -0.25) is 0 Å². The number of benzene rings is 2. The summed E-state index contributed by atoms with van der Waals surface area (Å²) in [4.78, 5) is 10.9. The number of hydrogen-bond donors (Lipinski definition) is 2. The molecule has 0 amide bonds. The largest absolute Gasteiger partial charge is 0.478 e. The average molecular weight is 381 g/mol. The van der Waals surface area contributed by atoms with E-state index in [4.69, 9.17) is 5.11 Å². The molecular weight excluding hydrogens is 357 g/mol. The van der Waals surface area contributed by atoms with Gasteiger partial charge >= 0.3 is 5.97 Å². The highest BCUT2D eigenvalue weighted by Crippen LogP contribution is 2.49. The van der Waals surface area contributed by atoms with Gasteiger partial charge in [0.2, 0.25) is 0 Å². The van der Waals surface area contributed by atoms with E-state index in [1.807, 2.05) is 12.1 Å². The zero-order valence-electron chi connectivity index (χ0n) is 16.5. The standard InChI is InChI=1S/C23H24FNO3/c1-22(2)13-23(3,4)18-11-15(7-9-17(18)22)20(25-28)10-8-14-5-6-16(21(26)27)12-19(14)24/h5-12,28H,13H2,1-4H3,(H,26,27)/b10-8+,25-20-. The van der Waals surface area contributed by atoms with Crippen LogP contribution in [0, 0.1) is 5.82 Å². The molecule has 28 heavy (non-hydrogen) atoms. The van der Waals surface area contributed by atoms with Crippen LogP contribution in [0.5, 0.6) is 0 Å². The normalized spacial score (nSPS) is 17.7. The second-order valence-electron chi connectivity index (χ2n) is 8.56. The lowest BCUT2D eigenvalue weighted by atomic mass is 9.82. The Bertz CT molecular complexity index is 1000. The number of fused-ring (bicyclic) bond motifs is 1. The smallest absolute Gasteiger partial charge is 0.335 e. The first-order valence-corrected chi connectivity index (χ1v) is 9.13. The highest BCUT2D eigenvalue weighted by atomic mass is 19.1. The van der Waals surface area contributed by atoms with E-state index in [0.717, 1.165) is 18.1 Å². The summed E-state index contributed by atoms with van der Waals surface area (Å²) in [5.74, 6) is -1.83. The predicted octanol–water partition coefficient (Wildman–Crippen LogP) is 5.37. The molecule has 0 spiro atoms. The lowest BCUT2D eigenvalue weighted by molar-refractivity contribution is 0.0696. The van der Waals surface area contributed by atoms with Gasteiger partial charge in [-0.2, -0.15) is 0 Å². The summed E-state index contributed by atoms with van der Waals surface area (Å²) in [5, 5.41) is 21.8. The Labute approximate surface area is 164 Å². The number of carboxylic acid groups (broad SMARTS) is 1. The van der Waals surface area contributed by atoms with Gasteiger partial charge in [0, 0.05) is 11.1 Å². The Kier molecular flexibility index (Phi) is 4.88. The maximum Gasteiger partial charge on any atom is 0.335 e. The molecule has 0 unspecified atom stereocenters. The van der Waals surface area contributed by atoms with Crippen molar-refractivity contribution < 1.29 is 19.5 Å². The van der Waals surface area contributed by atoms with Crippen molar-refractivity contribution in [2.45, 2.75) is 44.9 Å². The van der Waals surface area contributed by atoms with Gasteiger partial charge in [-0.1, -0.05) is 51.0 Å². The molecule has 2 N–H and O–H groups in total. The highest BCUT2D eigenvalue weighted by molar-refractivity contribution is 6.10. The third kappa shape index (κ3) is 3.57. The van der Waals surface area contributed by atoms with Crippen LogP contribution in [0.25, 0.3) is 6.08 Å². The number of carbonyl (C=O) groups is 1. The molecule has 0 bridgehead atoms. The summed E-state index contributed by atoms with van der Waals surface area (Å²) in [6.07, 6.45) is 4.02. The van der Waals surface area contributed by atoms with Gasteiger partial charge in [0.1, 0.15) is 11.5 Å². The third-order valence-corrected chi connectivity index (χ3v) is 5.43. The molecule has 2 aromatic rings. The van der Waals surface area contributed by atoms with Crippen molar-refractivity contribution in [1.82, 2.24) is 0 Å². The first kappa shape index (κ1) is 19.8. The lowest BCUT2D eigenvalue weighted by Crippen LogP contribution is -2.18. The molecule has 146 valence electrons. The minimum atomic E-state index is -1.18.